The third-order valence-corrected chi connectivity index (χ3v) is 1.38. The highest BCUT2D eigenvalue weighted by Gasteiger charge is 2.06. The van der Waals surface area contributed by atoms with Crippen LogP contribution in [0.15, 0.2) is 12.7 Å². The highest BCUT2D eigenvalue weighted by atomic mass is 127. The molecule has 0 spiro atoms. The molecule has 0 rings (SSSR count). The van der Waals surface area contributed by atoms with Gasteiger partial charge in [0.15, 0.2) is 0 Å². The Hall–Kier alpha value is -0.100. The zero-order valence-electron chi connectivity index (χ0n) is 8.55. The van der Waals surface area contributed by atoms with E-state index in [1.54, 1.807) is 0 Å². The van der Waals surface area contributed by atoms with E-state index in [1.807, 2.05) is 0 Å². The van der Waals surface area contributed by atoms with Crippen LogP contribution >= 0.6 is 0 Å². The molecule has 0 aliphatic rings. The van der Waals surface area contributed by atoms with Crippen molar-refractivity contribution in [2.45, 2.75) is 6.42 Å². The molecular weight excluding hydrogens is 281 g/mol. The average Bonchev–Trinajstić information content (AvgIpc) is 1.96. The number of hydrogen-bond acceptors (Lipinski definition) is 2. The number of rotatable bonds is 5. The third-order valence-electron chi connectivity index (χ3n) is 1.38. The van der Waals surface area contributed by atoms with E-state index in [0.29, 0.717) is 6.61 Å². The fourth-order valence-corrected chi connectivity index (χ4v) is 0.771. The zero-order chi connectivity index (χ0) is 9.61. The van der Waals surface area contributed by atoms with E-state index in [9.17, 15) is 4.79 Å². The van der Waals surface area contributed by atoms with Crippen molar-refractivity contribution in [3.8, 4) is 0 Å². The first-order valence-corrected chi connectivity index (χ1v) is 4.05. The summed E-state index contributed by atoms with van der Waals surface area (Å²) < 4.78 is 5.71. The van der Waals surface area contributed by atoms with Crippen molar-refractivity contribution in [3.63, 3.8) is 0 Å². The van der Waals surface area contributed by atoms with Crippen LogP contribution in [0.3, 0.4) is 0 Å². The molecule has 0 aromatic rings. The zero-order valence-corrected chi connectivity index (χ0v) is 10.7. The average molecular weight is 299 g/mol. The maximum Gasteiger partial charge on any atom is 0.330 e. The van der Waals surface area contributed by atoms with Crippen molar-refractivity contribution < 1.29 is 38.0 Å². The molecular formula is C9H18INO2. The van der Waals surface area contributed by atoms with Crippen LogP contribution in [-0.2, 0) is 9.53 Å². The van der Waals surface area contributed by atoms with Gasteiger partial charge in [0.05, 0.1) is 34.3 Å². The maximum absolute atomic E-state index is 10.6. The van der Waals surface area contributed by atoms with Gasteiger partial charge in [0.1, 0.15) is 0 Å². The van der Waals surface area contributed by atoms with Crippen LogP contribution in [0.25, 0.3) is 0 Å². The monoisotopic (exact) mass is 299 g/mol. The predicted molar refractivity (Wildman–Crippen MR) is 48.7 cm³/mol. The summed E-state index contributed by atoms with van der Waals surface area (Å²) in [5.74, 6) is -0.337. The number of halogens is 1. The Balaban J connectivity index is 0. The summed E-state index contributed by atoms with van der Waals surface area (Å²) >= 11 is 0. The summed E-state index contributed by atoms with van der Waals surface area (Å²) in [5, 5.41) is 0. The second-order valence-corrected chi connectivity index (χ2v) is 3.74. The molecule has 0 aromatic heterocycles. The molecule has 0 radical (unpaired) electrons. The molecule has 0 atom stereocenters. The highest BCUT2D eigenvalue weighted by molar-refractivity contribution is 5.81. The number of carbonyl (C=O) groups is 1. The number of hydrogen-bond donors (Lipinski definition) is 0. The van der Waals surface area contributed by atoms with Crippen molar-refractivity contribution in [1.29, 1.82) is 0 Å². The van der Waals surface area contributed by atoms with Crippen LogP contribution in [0.5, 0.6) is 0 Å². The smallest absolute Gasteiger partial charge is 0.330 e. The molecule has 4 heteroatoms. The topological polar surface area (TPSA) is 26.3 Å². The molecule has 78 valence electrons. The van der Waals surface area contributed by atoms with Gasteiger partial charge in [-0.3, -0.25) is 0 Å². The van der Waals surface area contributed by atoms with Gasteiger partial charge < -0.3 is 33.2 Å². The largest absolute Gasteiger partial charge is 1.00 e. The molecule has 0 heterocycles. The highest BCUT2D eigenvalue weighted by Crippen LogP contribution is 1.94. The summed E-state index contributed by atoms with van der Waals surface area (Å²) in [6.07, 6.45) is 2.08. The minimum Gasteiger partial charge on any atom is -1.00 e. The van der Waals surface area contributed by atoms with Gasteiger partial charge in [-0.05, 0) is 0 Å². The van der Waals surface area contributed by atoms with Gasteiger partial charge in [0.2, 0.25) is 0 Å². The summed E-state index contributed by atoms with van der Waals surface area (Å²) in [6, 6.07) is 0. The number of ether oxygens (including phenoxy) is 1. The summed E-state index contributed by atoms with van der Waals surface area (Å²) in [4.78, 5) is 10.6. The fraction of sp³-hybridized carbons (Fsp3) is 0.667. The van der Waals surface area contributed by atoms with Gasteiger partial charge in [-0.25, -0.2) is 4.79 Å². The van der Waals surface area contributed by atoms with E-state index >= 15 is 0 Å². The number of nitrogens with zero attached hydrogens (tertiary/aromatic N) is 1. The van der Waals surface area contributed by atoms with E-state index in [2.05, 4.69) is 27.7 Å². The first kappa shape index (κ1) is 15.4. The van der Waals surface area contributed by atoms with Crippen molar-refractivity contribution in [3.05, 3.63) is 12.7 Å². The molecule has 13 heavy (non-hydrogen) atoms. The molecule has 0 aromatic carbocycles. The van der Waals surface area contributed by atoms with Crippen molar-refractivity contribution in [2.24, 2.45) is 0 Å². The lowest BCUT2D eigenvalue weighted by atomic mass is 10.4. The molecule has 0 saturated heterocycles. The van der Waals surface area contributed by atoms with E-state index in [-0.39, 0.29) is 29.9 Å². The minimum absolute atomic E-state index is 0. The van der Waals surface area contributed by atoms with E-state index in [0.717, 1.165) is 17.4 Å². The summed E-state index contributed by atoms with van der Waals surface area (Å²) in [7, 11) is 6.32. The number of quaternary nitrogens is 1. The normalized spacial score (nSPS) is 10.1. The van der Waals surface area contributed by atoms with Crippen LogP contribution < -0.4 is 24.0 Å². The molecule has 0 fully saturated rings. The molecule has 0 N–H and O–H groups in total. The lowest BCUT2D eigenvalue weighted by molar-refractivity contribution is -0.870. The van der Waals surface area contributed by atoms with Crippen LogP contribution in [0.2, 0.25) is 0 Å². The molecule has 0 bridgehead atoms. The van der Waals surface area contributed by atoms with Crippen molar-refractivity contribution >= 4 is 5.97 Å². The summed E-state index contributed by atoms with van der Waals surface area (Å²) in [6.45, 7) is 4.80. The molecule has 0 aliphatic heterocycles. The number of carbonyl (C=O) groups excluding carboxylic acids is 1. The van der Waals surface area contributed by atoms with Crippen LogP contribution in [0, 0.1) is 0 Å². The Morgan fingerprint density at radius 2 is 2.00 bits per heavy atom. The second-order valence-electron chi connectivity index (χ2n) is 3.74. The SMILES string of the molecule is C=CC(=O)OCCC[N+](C)(C)C.[I-]. The lowest BCUT2D eigenvalue weighted by Crippen LogP contribution is -3.00. The predicted octanol–water partition coefficient (Wildman–Crippen LogP) is -2.18. The minimum atomic E-state index is -0.337. The summed E-state index contributed by atoms with van der Waals surface area (Å²) in [5.41, 5.74) is 0. The van der Waals surface area contributed by atoms with Crippen molar-refractivity contribution in [2.75, 3.05) is 34.3 Å². The van der Waals surface area contributed by atoms with Gasteiger partial charge in [-0.2, -0.15) is 0 Å². The first-order chi connectivity index (χ1) is 5.45. The molecule has 0 saturated carbocycles. The molecule has 0 unspecified atom stereocenters. The van der Waals surface area contributed by atoms with Gasteiger partial charge >= 0.3 is 5.97 Å². The van der Waals surface area contributed by atoms with Crippen LogP contribution in [-0.4, -0.2) is 44.7 Å². The van der Waals surface area contributed by atoms with E-state index in [1.165, 1.54) is 6.08 Å². The van der Waals surface area contributed by atoms with Gasteiger partial charge in [-0.1, -0.05) is 6.58 Å². The second kappa shape index (κ2) is 7.32. The lowest BCUT2D eigenvalue weighted by Gasteiger charge is -2.23. The Kier molecular flexibility index (Phi) is 8.65. The van der Waals surface area contributed by atoms with Gasteiger partial charge in [0.25, 0.3) is 0 Å². The van der Waals surface area contributed by atoms with Gasteiger partial charge in [0, 0.05) is 12.5 Å². The van der Waals surface area contributed by atoms with Gasteiger partial charge in [-0.15, -0.1) is 0 Å². The number of esters is 1. The fourth-order valence-electron chi connectivity index (χ4n) is 0.771. The Morgan fingerprint density at radius 3 is 2.38 bits per heavy atom. The van der Waals surface area contributed by atoms with Crippen LogP contribution in [0.4, 0.5) is 0 Å². The Morgan fingerprint density at radius 1 is 1.46 bits per heavy atom. The standard InChI is InChI=1S/C9H18NO2.HI/c1-5-9(11)12-8-6-7-10(2,3)4;/h5H,1,6-8H2,2-4H3;1H/q+1;/p-1. The maximum atomic E-state index is 10.6. The van der Waals surface area contributed by atoms with E-state index in [4.69, 9.17) is 4.74 Å². The Bertz CT molecular complexity index is 163. The molecule has 3 nitrogen and oxygen atoms in total. The van der Waals surface area contributed by atoms with Crippen LogP contribution in [0.1, 0.15) is 6.42 Å². The first-order valence-electron chi connectivity index (χ1n) is 4.05. The van der Waals surface area contributed by atoms with Crippen molar-refractivity contribution in [1.82, 2.24) is 0 Å². The van der Waals surface area contributed by atoms with E-state index < -0.39 is 0 Å². The molecule has 0 aliphatic carbocycles. The Labute approximate surface area is 97.4 Å². The quantitative estimate of drug-likeness (QED) is 0.190. The third kappa shape index (κ3) is 11.9. The molecule has 0 amide bonds.